The molecule has 0 spiro atoms. The maximum Gasteiger partial charge on any atom is 0.0961 e. The van der Waals surface area contributed by atoms with Crippen molar-refractivity contribution in [2.75, 3.05) is 19.6 Å². The summed E-state index contributed by atoms with van der Waals surface area (Å²) >= 11 is 0. The first-order valence-corrected chi connectivity index (χ1v) is 10.5. The molecule has 0 radical (unpaired) electrons. The molecule has 1 aromatic heterocycles. The molecule has 0 bridgehead atoms. The van der Waals surface area contributed by atoms with E-state index in [-0.39, 0.29) is 0 Å². The van der Waals surface area contributed by atoms with E-state index < -0.39 is 0 Å². The number of nitrogens with zero attached hydrogens (tertiary/aromatic N) is 3. The third-order valence-electron chi connectivity index (χ3n) is 6.45. The van der Waals surface area contributed by atoms with E-state index in [4.69, 9.17) is 4.98 Å². The number of rotatable bonds is 4. The molecule has 142 valence electrons. The van der Waals surface area contributed by atoms with Gasteiger partial charge in [-0.15, -0.1) is 0 Å². The van der Waals surface area contributed by atoms with Gasteiger partial charge in [0.1, 0.15) is 0 Å². The van der Waals surface area contributed by atoms with Crippen molar-refractivity contribution in [1.29, 1.82) is 0 Å². The monoisotopic (exact) mass is 354 g/mol. The van der Waals surface area contributed by atoms with Gasteiger partial charge in [-0.25, -0.2) is 4.98 Å². The van der Waals surface area contributed by atoms with Crippen molar-refractivity contribution in [3.05, 3.63) is 30.1 Å². The summed E-state index contributed by atoms with van der Waals surface area (Å²) in [5.41, 5.74) is 3.77. The number of piperidine rings is 2. The fourth-order valence-corrected chi connectivity index (χ4v) is 5.19. The molecule has 1 aromatic carbocycles. The standard InChI is InChI=1S/C22H34N4/c1-16(2)13-20-14-19(9-12-25(20)18-7-10-23-11-8-18)26-15-24-22-17(3)5-4-6-21(22)26/h4-6,15-16,18-20,23H,7-14H2,1-3H3. The van der Waals surface area contributed by atoms with Gasteiger partial charge in [-0.3, -0.25) is 4.90 Å². The van der Waals surface area contributed by atoms with Gasteiger partial charge in [0.25, 0.3) is 0 Å². The molecule has 3 heterocycles. The lowest BCUT2D eigenvalue weighted by Gasteiger charge is -2.46. The van der Waals surface area contributed by atoms with Crippen LogP contribution in [0, 0.1) is 12.8 Å². The summed E-state index contributed by atoms with van der Waals surface area (Å²) in [6, 6.07) is 8.66. The van der Waals surface area contributed by atoms with Crippen LogP contribution in [-0.4, -0.2) is 46.2 Å². The highest BCUT2D eigenvalue weighted by atomic mass is 15.2. The smallest absolute Gasteiger partial charge is 0.0961 e. The van der Waals surface area contributed by atoms with Crippen molar-refractivity contribution in [2.24, 2.45) is 5.92 Å². The molecule has 2 aliphatic rings. The summed E-state index contributed by atoms with van der Waals surface area (Å²) in [4.78, 5) is 7.59. The second-order valence-electron chi connectivity index (χ2n) is 8.78. The van der Waals surface area contributed by atoms with Crippen LogP contribution in [0.15, 0.2) is 24.5 Å². The lowest BCUT2D eigenvalue weighted by Crippen LogP contribution is -2.52. The molecular formula is C22H34N4. The topological polar surface area (TPSA) is 33.1 Å². The summed E-state index contributed by atoms with van der Waals surface area (Å²) in [7, 11) is 0. The van der Waals surface area contributed by atoms with Crippen LogP contribution in [-0.2, 0) is 0 Å². The maximum absolute atomic E-state index is 4.73. The first kappa shape index (κ1) is 18.0. The Labute approximate surface area is 158 Å². The van der Waals surface area contributed by atoms with Crippen molar-refractivity contribution in [2.45, 2.75) is 71.0 Å². The van der Waals surface area contributed by atoms with Gasteiger partial charge in [0.05, 0.1) is 17.4 Å². The molecule has 4 nitrogen and oxygen atoms in total. The predicted octanol–water partition coefficient (Wildman–Crippen LogP) is 4.15. The van der Waals surface area contributed by atoms with Crippen molar-refractivity contribution in [1.82, 2.24) is 19.8 Å². The van der Waals surface area contributed by atoms with Crippen LogP contribution in [0.5, 0.6) is 0 Å². The minimum atomic E-state index is 0.587. The van der Waals surface area contributed by atoms with E-state index in [1.165, 1.54) is 68.3 Å². The quantitative estimate of drug-likeness (QED) is 0.895. The lowest BCUT2D eigenvalue weighted by molar-refractivity contribution is 0.0453. The number of imidazole rings is 1. The Morgan fingerprint density at radius 2 is 1.96 bits per heavy atom. The van der Waals surface area contributed by atoms with Crippen molar-refractivity contribution >= 4 is 11.0 Å². The highest BCUT2D eigenvalue weighted by Crippen LogP contribution is 2.35. The zero-order valence-corrected chi connectivity index (χ0v) is 16.6. The summed E-state index contributed by atoms with van der Waals surface area (Å²) in [5, 5.41) is 3.53. The molecule has 2 saturated heterocycles. The van der Waals surface area contributed by atoms with Gasteiger partial charge in [0, 0.05) is 24.7 Å². The number of hydrogen-bond acceptors (Lipinski definition) is 3. The zero-order valence-electron chi connectivity index (χ0n) is 16.6. The van der Waals surface area contributed by atoms with Gasteiger partial charge in [0.2, 0.25) is 0 Å². The average molecular weight is 355 g/mol. The first-order chi connectivity index (χ1) is 12.6. The van der Waals surface area contributed by atoms with E-state index in [1.807, 2.05) is 0 Å². The van der Waals surface area contributed by atoms with Crippen LogP contribution >= 0.6 is 0 Å². The Balaban J connectivity index is 1.56. The summed E-state index contributed by atoms with van der Waals surface area (Å²) in [6.45, 7) is 10.5. The molecule has 0 aliphatic carbocycles. The minimum absolute atomic E-state index is 0.587. The number of para-hydroxylation sites is 1. The highest BCUT2D eigenvalue weighted by Gasteiger charge is 2.34. The van der Waals surface area contributed by atoms with Gasteiger partial charge < -0.3 is 9.88 Å². The van der Waals surface area contributed by atoms with E-state index in [0.29, 0.717) is 12.1 Å². The van der Waals surface area contributed by atoms with Crippen molar-refractivity contribution < 1.29 is 0 Å². The van der Waals surface area contributed by atoms with Gasteiger partial charge in [-0.05, 0) is 69.7 Å². The van der Waals surface area contributed by atoms with E-state index in [1.54, 1.807) is 0 Å². The number of nitrogens with one attached hydrogen (secondary N) is 1. The largest absolute Gasteiger partial charge is 0.327 e. The molecule has 26 heavy (non-hydrogen) atoms. The third-order valence-corrected chi connectivity index (χ3v) is 6.45. The van der Waals surface area contributed by atoms with Crippen LogP contribution in [0.2, 0.25) is 0 Å². The Morgan fingerprint density at radius 1 is 1.15 bits per heavy atom. The fourth-order valence-electron chi connectivity index (χ4n) is 5.19. The number of likely N-dealkylation sites (tertiary alicyclic amines) is 1. The average Bonchev–Trinajstić information content (AvgIpc) is 3.07. The van der Waals surface area contributed by atoms with Crippen LogP contribution in [0.1, 0.15) is 57.6 Å². The third kappa shape index (κ3) is 3.54. The van der Waals surface area contributed by atoms with Crippen molar-refractivity contribution in [3.63, 3.8) is 0 Å². The van der Waals surface area contributed by atoms with Crippen LogP contribution < -0.4 is 5.32 Å². The zero-order chi connectivity index (χ0) is 18.1. The molecule has 1 N–H and O–H groups in total. The number of aryl methyl sites for hydroxylation is 1. The van der Waals surface area contributed by atoms with Crippen LogP contribution in [0.25, 0.3) is 11.0 Å². The predicted molar refractivity (Wildman–Crippen MR) is 109 cm³/mol. The first-order valence-electron chi connectivity index (χ1n) is 10.5. The maximum atomic E-state index is 4.73. The van der Waals surface area contributed by atoms with E-state index in [9.17, 15) is 0 Å². The van der Waals surface area contributed by atoms with E-state index >= 15 is 0 Å². The Hall–Kier alpha value is -1.39. The number of fused-ring (bicyclic) bond motifs is 1. The molecule has 2 aromatic rings. The van der Waals surface area contributed by atoms with Crippen molar-refractivity contribution in [3.8, 4) is 0 Å². The van der Waals surface area contributed by atoms with E-state index in [0.717, 1.165) is 12.0 Å². The van der Waals surface area contributed by atoms with Gasteiger partial charge in [-0.2, -0.15) is 0 Å². The van der Waals surface area contributed by atoms with Gasteiger partial charge >= 0.3 is 0 Å². The van der Waals surface area contributed by atoms with Gasteiger partial charge in [-0.1, -0.05) is 26.0 Å². The SMILES string of the molecule is Cc1cccc2c1ncn2C1CCN(C2CCNCC2)C(CC(C)C)C1. The summed E-state index contributed by atoms with van der Waals surface area (Å²) in [6.07, 6.45) is 8.54. The molecule has 0 saturated carbocycles. The molecule has 2 atom stereocenters. The Bertz CT molecular complexity index is 729. The highest BCUT2D eigenvalue weighted by molar-refractivity contribution is 5.78. The van der Waals surface area contributed by atoms with E-state index in [2.05, 4.69) is 60.1 Å². The second kappa shape index (κ2) is 7.69. The number of aromatic nitrogens is 2. The van der Waals surface area contributed by atoms with Crippen LogP contribution in [0.4, 0.5) is 0 Å². The Morgan fingerprint density at radius 3 is 2.73 bits per heavy atom. The molecule has 2 fully saturated rings. The molecule has 2 unspecified atom stereocenters. The molecule has 0 amide bonds. The summed E-state index contributed by atoms with van der Waals surface area (Å²) < 4.78 is 2.47. The molecule has 4 heteroatoms. The number of hydrogen-bond donors (Lipinski definition) is 1. The normalized spacial score (nSPS) is 26.0. The lowest BCUT2D eigenvalue weighted by atomic mass is 9.88. The number of benzene rings is 1. The Kier molecular flexibility index (Phi) is 5.32. The van der Waals surface area contributed by atoms with Crippen LogP contribution in [0.3, 0.4) is 0 Å². The minimum Gasteiger partial charge on any atom is -0.327 e. The molecular weight excluding hydrogens is 320 g/mol. The molecule has 4 rings (SSSR count). The molecule has 2 aliphatic heterocycles. The fraction of sp³-hybridized carbons (Fsp3) is 0.682. The van der Waals surface area contributed by atoms with Gasteiger partial charge in [0.15, 0.2) is 0 Å². The second-order valence-corrected chi connectivity index (χ2v) is 8.78. The summed E-state index contributed by atoms with van der Waals surface area (Å²) in [5.74, 6) is 0.754.